The largest absolute Gasteiger partial charge is 0.142 e. The highest BCUT2D eigenvalue weighted by atomic mass is 32.1. The molecule has 3 aromatic carbocycles. The van der Waals surface area contributed by atoms with E-state index in [1.165, 1.54) is 21.5 Å². The van der Waals surface area contributed by atoms with Crippen molar-refractivity contribution in [2.45, 2.75) is 10.9 Å². The van der Waals surface area contributed by atoms with Gasteiger partial charge in [0.05, 0.1) is 0 Å². The van der Waals surface area contributed by atoms with Gasteiger partial charge in [0.1, 0.15) is 0 Å². The number of hydrogen-bond donors (Lipinski definition) is 1. The summed E-state index contributed by atoms with van der Waals surface area (Å²) in [5.74, 6) is 0. The highest BCUT2D eigenvalue weighted by Crippen LogP contribution is 2.35. The van der Waals surface area contributed by atoms with Crippen molar-refractivity contribution >= 4 is 46.7 Å². The molecule has 0 unspecified atom stereocenters. The smallest absolute Gasteiger partial charge is 0.0284 e. The zero-order chi connectivity index (χ0) is 15.4. The van der Waals surface area contributed by atoms with Gasteiger partial charge >= 0.3 is 0 Å². The van der Waals surface area contributed by atoms with Crippen LogP contribution in [0.2, 0.25) is 0 Å². The Morgan fingerprint density at radius 2 is 1.27 bits per heavy atom. The van der Waals surface area contributed by atoms with E-state index in [1.54, 1.807) is 0 Å². The standard InChI is InChI=1S/C19H16PSSi/c21-19-15(14-22)8-7-13-18(19)20(16-9-3-1-4-10-16)17-11-5-2-6-12-17/h1-13,21H,14H2. The molecule has 0 fully saturated rings. The molecular formula is C19H16PSSi. The summed E-state index contributed by atoms with van der Waals surface area (Å²) in [6.07, 6.45) is 0. The number of benzene rings is 3. The van der Waals surface area contributed by atoms with Gasteiger partial charge < -0.3 is 0 Å². The molecule has 0 saturated carbocycles. The summed E-state index contributed by atoms with van der Waals surface area (Å²) < 4.78 is 0. The van der Waals surface area contributed by atoms with Gasteiger partial charge in [-0.25, -0.2) is 0 Å². The fourth-order valence-electron chi connectivity index (χ4n) is 2.48. The minimum Gasteiger partial charge on any atom is -0.142 e. The Bertz CT molecular complexity index is 704. The fourth-order valence-corrected chi connectivity index (χ4v) is 5.84. The van der Waals surface area contributed by atoms with E-state index in [2.05, 4.69) is 89.1 Å². The molecular weight excluding hydrogens is 319 g/mol. The Hall–Kier alpha value is -1.34. The minimum atomic E-state index is -0.587. The van der Waals surface area contributed by atoms with Crippen LogP contribution in [0.15, 0.2) is 83.8 Å². The molecule has 0 bridgehead atoms. The molecule has 0 N–H and O–H groups in total. The molecule has 0 saturated heterocycles. The van der Waals surface area contributed by atoms with E-state index in [0.29, 0.717) is 0 Å². The van der Waals surface area contributed by atoms with Crippen molar-refractivity contribution in [1.29, 1.82) is 0 Å². The lowest BCUT2D eigenvalue weighted by atomic mass is 10.2. The second-order valence-electron chi connectivity index (χ2n) is 4.97. The van der Waals surface area contributed by atoms with Crippen molar-refractivity contribution in [1.82, 2.24) is 0 Å². The highest BCUT2D eigenvalue weighted by molar-refractivity contribution is 7.84. The van der Waals surface area contributed by atoms with Gasteiger partial charge in [-0.1, -0.05) is 78.9 Å². The van der Waals surface area contributed by atoms with Crippen molar-refractivity contribution in [3.63, 3.8) is 0 Å². The van der Waals surface area contributed by atoms with E-state index < -0.39 is 7.92 Å². The fraction of sp³-hybridized carbons (Fsp3) is 0.0526. The summed E-state index contributed by atoms with van der Waals surface area (Å²) in [5, 5.41) is 4.02. The van der Waals surface area contributed by atoms with E-state index in [1.807, 2.05) is 0 Å². The van der Waals surface area contributed by atoms with E-state index in [9.17, 15) is 0 Å². The maximum Gasteiger partial charge on any atom is 0.0284 e. The van der Waals surface area contributed by atoms with E-state index in [0.717, 1.165) is 10.9 Å². The van der Waals surface area contributed by atoms with Gasteiger partial charge in [0.15, 0.2) is 0 Å². The van der Waals surface area contributed by atoms with Gasteiger partial charge in [-0.15, -0.1) is 12.6 Å². The van der Waals surface area contributed by atoms with Crippen LogP contribution in [-0.2, 0) is 6.04 Å². The SMILES string of the molecule is [Si]Cc1cccc(P(c2ccccc2)c2ccccc2)c1S. The summed E-state index contributed by atoms with van der Waals surface area (Å²) in [5.41, 5.74) is 1.23. The van der Waals surface area contributed by atoms with Gasteiger partial charge in [-0.05, 0) is 35.4 Å². The Balaban J connectivity index is 2.19. The third kappa shape index (κ3) is 3.20. The molecule has 0 spiro atoms. The second kappa shape index (κ2) is 7.28. The van der Waals surface area contributed by atoms with Crippen LogP contribution in [0.3, 0.4) is 0 Å². The normalized spacial score (nSPS) is 10.9. The predicted octanol–water partition coefficient (Wildman–Crippen LogP) is 3.40. The molecule has 0 atom stereocenters. The van der Waals surface area contributed by atoms with Crippen molar-refractivity contribution < 1.29 is 0 Å². The second-order valence-corrected chi connectivity index (χ2v) is 7.95. The third-order valence-corrected chi connectivity index (χ3v) is 7.13. The third-order valence-electron chi connectivity index (χ3n) is 3.56. The molecule has 3 radical (unpaired) electrons. The van der Waals surface area contributed by atoms with Crippen LogP contribution in [-0.4, -0.2) is 10.2 Å². The zero-order valence-electron chi connectivity index (χ0n) is 12.1. The molecule has 0 nitrogen and oxygen atoms in total. The first-order valence-electron chi connectivity index (χ1n) is 7.17. The van der Waals surface area contributed by atoms with Crippen LogP contribution in [0.1, 0.15) is 5.56 Å². The monoisotopic (exact) mass is 335 g/mol. The van der Waals surface area contributed by atoms with Crippen LogP contribution < -0.4 is 15.9 Å². The molecule has 107 valence electrons. The molecule has 22 heavy (non-hydrogen) atoms. The lowest BCUT2D eigenvalue weighted by Crippen LogP contribution is -2.22. The highest BCUT2D eigenvalue weighted by Gasteiger charge is 2.19. The minimum absolute atomic E-state index is 0.587. The molecule has 3 aromatic rings. The molecule has 0 aromatic heterocycles. The quantitative estimate of drug-likeness (QED) is 0.422. The van der Waals surface area contributed by atoms with Crippen molar-refractivity contribution in [3.8, 4) is 0 Å². The average molecular weight is 335 g/mol. The van der Waals surface area contributed by atoms with Crippen molar-refractivity contribution in [3.05, 3.63) is 84.4 Å². The maximum atomic E-state index is 4.82. The Morgan fingerprint density at radius 3 is 1.77 bits per heavy atom. The molecule has 3 rings (SSSR count). The molecule has 0 amide bonds. The lowest BCUT2D eigenvalue weighted by Gasteiger charge is -2.22. The zero-order valence-corrected chi connectivity index (χ0v) is 14.9. The van der Waals surface area contributed by atoms with Crippen LogP contribution in [0, 0.1) is 0 Å². The predicted molar refractivity (Wildman–Crippen MR) is 102 cm³/mol. The molecule has 3 heteroatoms. The summed E-state index contributed by atoms with van der Waals surface area (Å²) in [6, 6.07) is 28.7. The summed E-state index contributed by atoms with van der Waals surface area (Å²) in [6.45, 7) is 0. The average Bonchev–Trinajstić information content (AvgIpc) is 2.59. The maximum absolute atomic E-state index is 4.82. The number of hydrogen-bond acceptors (Lipinski definition) is 1. The Morgan fingerprint density at radius 1 is 0.727 bits per heavy atom. The summed E-state index contributed by atoms with van der Waals surface area (Å²) >= 11 is 4.82. The first-order chi connectivity index (χ1) is 10.8. The van der Waals surface area contributed by atoms with Crippen LogP contribution in [0.4, 0.5) is 0 Å². The number of rotatable bonds is 4. The van der Waals surface area contributed by atoms with Gasteiger partial charge in [0.25, 0.3) is 0 Å². The van der Waals surface area contributed by atoms with Gasteiger partial charge in [-0.2, -0.15) is 0 Å². The van der Waals surface area contributed by atoms with Gasteiger partial charge in [0.2, 0.25) is 0 Å². The first kappa shape index (κ1) is 15.5. The van der Waals surface area contributed by atoms with E-state index >= 15 is 0 Å². The molecule has 0 aliphatic rings. The molecule has 0 heterocycles. The van der Waals surface area contributed by atoms with Gasteiger partial charge in [0, 0.05) is 15.1 Å². The van der Waals surface area contributed by atoms with Crippen LogP contribution in [0.25, 0.3) is 0 Å². The van der Waals surface area contributed by atoms with Crippen LogP contribution >= 0.6 is 20.6 Å². The van der Waals surface area contributed by atoms with Crippen molar-refractivity contribution in [2.75, 3.05) is 0 Å². The molecule has 0 aliphatic carbocycles. The summed E-state index contributed by atoms with van der Waals surface area (Å²) in [7, 11) is 3.03. The van der Waals surface area contributed by atoms with Crippen LogP contribution in [0.5, 0.6) is 0 Å². The summed E-state index contributed by atoms with van der Waals surface area (Å²) in [4.78, 5) is 1.09. The van der Waals surface area contributed by atoms with Crippen molar-refractivity contribution in [2.24, 2.45) is 0 Å². The van der Waals surface area contributed by atoms with Gasteiger partial charge in [-0.3, -0.25) is 0 Å². The molecule has 0 aliphatic heterocycles. The first-order valence-corrected chi connectivity index (χ1v) is 9.66. The lowest BCUT2D eigenvalue weighted by molar-refractivity contribution is 1.29. The van der Waals surface area contributed by atoms with E-state index in [4.69, 9.17) is 12.6 Å². The topological polar surface area (TPSA) is 0 Å². The Kier molecular flexibility index (Phi) is 5.15. The van der Waals surface area contributed by atoms with E-state index in [-0.39, 0.29) is 0 Å². The number of thiol groups is 1. The Labute approximate surface area is 142 Å².